The number of unbranched alkanes of at least 4 members (excludes halogenated alkanes) is 30. The van der Waals surface area contributed by atoms with Gasteiger partial charge in [-0.2, -0.15) is 0 Å². The van der Waals surface area contributed by atoms with E-state index >= 15 is 0 Å². The van der Waals surface area contributed by atoms with Crippen LogP contribution in [0.4, 0.5) is 0 Å². The van der Waals surface area contributed by atoms with Crippen molar-refractivity contribution in [2.45, 2.75) is 297 Å². The number of allylic oxidation sites excluding steroid dienone is 12. The lowest BCUT2D eigenvalue weighted by molar-refractivity contribution is -0.167. The Morgan fingerprint density at radius 3 is 0.884 bits per heavy atom. The second kappa shape index (κ2) is 57.4. The van der Waals surface area contributed by atoms with Crippen molar-refractivity contribution in [2.75, 3.05) is 13.2 Å². The molecular formula is C63H110O6. The minimum Gasteiger partial charge on any atom is -0.462 e. The maximum Gasteiger partial charge on any atom is 0.306 e. The van der Waals surface area contributed by atoms with Crippen LogP contribution >= 0.6 is 0 Å². The van der Waals surface area contributed by atoms with Gasteiger partial charge >= 0.3 is 17.9 Å². The highest BCUT2D eigenvalue weighted by molar-refractivity contribution is 5.71. The van der Waals surface area contributed by atoms with Gasteiger partial charge < -0.3 is 14.2 Å². The Bertz CT molecular complexity index is 1290. The fourth-order valence-corrected chi connectivity index (χ4v) is 8.36. The highest BCUT2D eigenvalue weighted by Gasteiger charge is 2.19. The first-order valence-electron chi connectivity index (χ1n) is 29.4. The molecule has 0 N–H and O–H groups in total. The minimum absolute atomic E-state index is 0.0834. The molecule has 0 aromatic rings. The molecule has 0 fully saturated rings. The average molecular weight is 964 g/mol. The summed E-state index contributed by atoms with van der Waals surface area (Å²) in [5.41, 5.74) is 0. The van der Waals surface area contributed by atoms with Gasteiger partial charge in [0.15, 0.2) is 6.10 Å². The van der Waals surface area contributed by atoms with E-state index in [2.05, 4.69) is 93.7 Å². The van der Waals surface area contributed by atoms with Crippen LogP contribution in [-0.4, -0.2) is 37.2 Å². The monoisotopic (exact) mass is 963 g/mol. The van der Waals surface area contributed by atoms with Crippen LogP contribution in [0.2, 0.25) is 0 Å². The fourth-order valence-electron chi connectivity index (χ4n) is 8.36. The molecule has 6 nitrogen and oxygen atoms in total. The first-order chi connectivity index (χ1) is 34.0. The zero-order chi connectivity index (χ0) is 50.0. The van der Waals surface area contributed by atoms with E-state index in [0.29, 0.717) is 19.3 Å². The van der Waals surface area contributed by atoms with E-state index < -0.39 is 6.10 Å². The molecule has 6 heteroatoms. The van der Waals surface area contributed by atoms with Gasteiger partial charge in [0.05, 0.1) is 0 Å². The van der Waals surface area contributed by atoms with Crippen LogP contribution in [0, 0.1) is 0 Å². The van der Waals surface area contributed by atoms with E-state index in [1.807, 2.05) is 0 Å². The van der Waals surface area contributed by atoms with Crippen molar-refractivity contribution in [3.05, 3.63) is 72.9 Å². The molecule has 1 unspecified atom stereocenters. The average Bonchev–Trinajstić information content (AvgIpc) is 3.35. The van der Waals surface area contributed by atoms with Gasteiger partial charge in [-0.1, -0.05) is 261 Å². The summed E-state index contributed by atoms with van der Waals surface area (Å²) in [5, 5.41) is 0. The van der Waals surface area contributed by atoms with Crippen molar-refractivity contribution < 1.29 is 28.6 Å². The molecule has 398 valence electrons. The topological polar surface area (TPSA) is 78.9 Å². The zero-order valence-electron chi connectivity index (χ0n) is 45.6. The maximum absolute atomic E-state index is 12.9. The normalized spacial score (nSPS) is 12.6. The van der Waals surface area contributed by atoms with E-state index in [0.717, 1.165) is 109 Å². The third-order valence-electron chi connectivity index (χ3n) is 12.7. The molecule has 69 heavy (non-hydrogen) atoms. The lowest BCUT2D eigenvalue weighted by Gasteiger charge is -2.18. The lowest BCUT2D eigenvalue weighted by Crippen LogP contribution is -2.30. The van der Waals surface area contributed by atoms with Crippen LogP contribution in [0.5, 0.6) is 0 Å². The number of hydrogen-bond donors (Lipinski definition) is 0. The molecule has 0 aromatic carbocycles. The molecule has 1 atom stereocenters. The third kappa shape index (κ3) is 55.6. The van der Waals surface area contributed by atoms with Gasteiger partial charge in [-0.05, 0) is 83.5 Å². The van der Waals surface area contributed by atoms with E-state index in [1.165, 1.54) is 141 Å². The van der Waals surface area contributed by atoms with Crippen LogP contribution in [0.25, 0.3) is 0 Å². The summed E-state index contributed by atoms with van der Waals surface area (Å²) in [6, 6.07) is 0. The Kier molecular flexibility index (Phi) is 54.8. The Morgan fingerprint density at radius 1 is 0.304 bits per heavy atom. The molecule has 0 saturated heterocycles. The number of carbonyl (C=O) groups excluding carboxylic acids is 3. The van der Waals surface area contributed by atoms with Gasteiger partial charge in [0.25, 0.3) is 0 Å². The van der Waals surface area contributed by atoms with Crippen LogP contribution in [-0.2, 0) is 28.6 Å². The first kappa shape index (κ1) is 65.8. The Hall–Kier alpha value is -3.15. The summed E-state index contributed by atoms with van der Waals surface area (Å²) in [6.45, 7) is 6.43. The Morgan fingerprint density at radius 2 is 0.565 bits per heavy atom. The molecule has 0 heterocycles. The first-order valence-corrected chi connectivity index (χ1v) is 29.4. The highest BCUT2D eigenvalue weighted by atomic mass is 16.6. The van der Waals surface area contributed by atoms with Gasteiger partial charge in [0, 0.05) is 19.3 Å². The number of esters is 3. The standard InChI is InChI=1S/C63H110O6/c1-4-7-10-13-16-19-22-25-28-30-32-34-35-38-41-44-47-50-53-56-62(65)68-59-60(58-67-61(64)55-52-49-46-43-40-37-27-24-21-18-15-12-9-6-3)69-63(66)57-54-51-48-45-42-39-36-33-31-29-26-23-20-17-14-11-8-5-2/h7,9-10,12,16,18-19,21,25,27-28,37,60H,4-6,8,11,13-15,17,20,22-24,26,29-36,38-59H2,1-3H3/b10-7-,12-9-,19-16-,21-18-,28-25-,37-27-. The summed E-state index contributed by atoms with van der Waals surface area (Å²) >= 11 is 0. The molecule has 0 radical (unpaired) electrons. The zero-order valence-corrected chi connectivity index (χ0v) is 45.6. The lowest BCUT2D eigenvalue weighted by atomic mass is 10.0. The highest BCUT2D eigenvalue weighted by Crippen LogP contribution is 2.16. The summed E-state index contributed by atoms with van der Waals surface area (Å²) in [6.07, 6.45) is 73.2. The smallest absolute Gasteiger partial charge is 0.306 e. The minimum atomic E-state index is -0.786. The molecule has 0 bridgehead atoms. The van der Waals surface area contributed by atoms with Gasteiger partial charge in [0.1, 0.15) is 13.2 Å². The van der Waals surface area contributed by atoms with E-state index in [9.17, 15) is 14.4 Å². The van der Waals surface area contributed by atoms with Crippen molar-refractivity contribution in [1.29, 1.82) is 0 Å². The van der Waals surface area contributed by atoms with E-state index in [1.54, 1.807) is 0 Å². The van der Waals surface area contributed by atoms with Crippen LogP contribution in [0.3, 0.4) is 0 Å². The van der Waals surface area contributed by atoms with Crippen molar-refractivity contribution in [1.82, 2.24) is 0 Å². The predicted molar refractivity (Wildman–Crippen MR) is 298 cm³/mol. The molecule has 0 rings (SSSR count). The van der Waals surface area contributed by atoms with Crippen molar-refractivity contribution in [3.63, 3.8) is 0 Å². The SMILES string of the molecule is CC/C=C\C/C=C\C/C=C\CCCCCCCCCCCC(=O)OCC(COC(=O)CCCCCC/C=C\C/C=C\C/C=C\CC)OC(=O)CCCCCCCCCCCCCCCCCCCC. The van der Waals surface area contributed by atoms with Crippen molar-refractivity contribution >= 4 is 17.9 Å². The largest absolute Gasteiger partial charge is 0.462 e. The third-order valence-corrected chi connectivity index (χ3v) is 12.7. The fraction of sp³-hybridized carbons (Fsp3) is 0.762. The molecule has 0 spiro atoms. The number of hydrogen-bond acceptors (Lipinski definition) is 6. The van der Waals surface area contributed by atoms with E-state index in [4.69, 9.17) is 14.2 Å². The molecule has 0 saturated carbocycles. The van der Waals surface area contributed by atoms with Gasteiger partial charge in [0.2, 0.25) is 0 Å². The Balaban J connectivity index is 4.37. The van der Waals surface area contributed by atoms with Crippen LogP contribution in [0.1, 0.15) is 290 Å². The molecule has 0 aliphatic rings. The predicted octanol–water partition coefficient (Wildman–Crippen LogP) is 19.8. The number of carbonyl (C=O) groups is 3. The summed E-state index contributed by atoms with van der Waals surface area (Å²) < 4.78 is 16.9. The maximum atomic E-state index is 12.9. The Labute approximate surface area is 427 Å². The van der Waals surface area contributed by atoms with Gasteiger partial charge in [-0.15, -0.1) is 0 Å². The van der Waals surface area contributed by atoms with Crippen molar-refractivity contribution in [3.8, 4) is 0 Å². The van der Waals surface area contributed by atoms with Crippen LogP contribution < -0.4 is 0 Å². The number of ether oxygens (including phenoxy) is 3. The molecule has 0 aliphatic heterocycles. The van der Waals surface area contributed by atoms with Gasteiger partial charge in [-0.25, -0.2) is 0 Å². The molecule has 0 aromatic heterocycles. The quantitative estimate of drug-likeness (QED) is 0.0262. The second-order valence-corrected chi connectivity index (χ2v) is 19.5. The molecule has 0 aliphatic carbocycles. The molecular weight excluding hydrogens is 853 g/mol. The van der Waals surface area contributed by atoms with E-state index in [-0.39, 0.29) is 31.1 Å². The molecule has 0 amide bonds. The second-order valence-electron chi connectivity index (χ2n) is 19.5. The van der Waals surface area contributed by atoms with Crippen molar-refractivity contribution in [2.24, 2.45) is 0 Å². The summed E-state index contributed by atoms with van der Waals surface area (Å²) in [4.78, 5) is 38.2. The summed E-state index contributed by atoms with van der Waals surface area (Å²) in [5.74, 6) is -0.899. The summed E-state index contributed by atoms with van der Waals surface area (Å²) in [7, 11) is 0. The van der Waals surface area contributed by atoms with Gasteiger partial charge in [-0.3, -0.25) is 14.4 Å². The van der Waals surface area contributed by atoms with Crippen LogP contribution in [0.15, 0.2) is 72.9 Å². The number of rotatable bonds is 53.